The van der Waals surface area contributed by atoms with Gasteiger partial charge in [0.2, 0.25) is 0 Å². The molecule has 6 nitrogen and oxygen atoms in total. The van der Waals surface area contributed by atoms with Crippen LogP contribution in [0.25, 0.3) is 0 Å². The fourth-order valence-electron chi connectivity index (χ4n) is 1.63. The first-order chi connectivity index (χ1) is 9.79. The zero-order valence-electron chi connectivity index (χ0n) is 10.4. The number of hydrogen-bond donors (Lipinski definition) is 3. The highest BCUT2D eigenvalue weighted by atomic mass is 32.2. The van der Waals surface area contributed by atoms with Gasteiger partial charge in [0.25, 0.3) is 10.0 Å². The molecular formula is C13H10FNO5S. The molecule has 0 aliphatic carbocycles. The first kappa shape index (κ1) is 14.8. The van der Waals surface area contributed by atoms with Crippen LogP contribution >= 0.6 is 0 Å². The Morgan fingerprint density at radius 1 is 1.14 bits per heavy atom. The number of carbonyl (C=O) groups is 1. The molecular weight excluding hydrogens is 301 g/mol. The van der Waals surface area contributed by atoms with Crippen LogP contribution in [0.2, 0.25) is 0 Å². The Morgan fingerprint density at radius 2 is 1.86 bits per heavy atom. The van der Waals surface area contributed by atoms with E-state index in [-0.39, 0.29) is 17.0 Å². The van der Waals surface area contributed by atoms with Crippen LogP contribution in [-0.4, -0.2) is 24.6 Å². The Balaban J connectivity index is 2.38. The van der Waals surface area contributed by atoms with Crippen LogP contribution in [0, 0.1) is 5.82 Å². The van der Waals surface area contributed by atoms with Gasteiger partial charge in [-0.25, -0.2) is 17.6 Å². The van der Waals surface area contributed by atoms with Crippen molar-refractivity contribution < 1.29 is 27.8 Å². The van der Waals surface area contributed by atoms with Crippen molar-refractivity contribution in [2.45, 2.75) is 4.90 Å². The average molecular weight is 311 g/mol. The number of benzene rings is 2. The van der Waals surface area contributed by atoms with Gasteiger partial charge in [0.05, 0.1) is 11.3 Å². The Morgan fingerprint density at radius 3 is 2.43 bits per heavy atom. The van der Waals surface area contributed by atoms with Crippen molar-refractivity contribution in [3.05, 3.63) is 53.8 Å². The maximum absolute atomic E-state index is 13.8. The molecule has 0 fully saturated rings. The molecule has 0 saturated heterocycles. The molecule has 0 atom stereocenters. The second-order valence-corrected chi connectivity index (χ2v) is 5.76. The van der Waals surface area contributed by atoms with E-state index in [4.69, 9.17) is 5.11 Å². The average Bonchev–Trinajstić information content (AvgIpc) is 2.37. The second kappa shape index (κ2) is 5.41. The first-order valence-corrected chi connectivity index (χ1v) is 7.12. The van der Waals surface area contributed by atoms with Crippen LogP contribution in [-0.2, 0) is 10.0 Å². The normalized spacial score (nSPS) is 11.1. The van der Waals surface area contributed by atoms with Gasteiger partial charge >= 0.3 is 5.97 Å². The number of carboxylic acids is 1. The molecule has 2 aromatic carbocycles. The number of aromatic hydroxyl groups is 1. The zero-order chi connectivity index (χ0) is 15.6. The molecule has 0 amide bonds. The zero-order valence-corrected chi connectivity index (χ0v) is 11.3. The Labute approximate surface area is 119 Å². The number of anilines is 1. The summed E-state index contributed by atoms with van der Waals surface area (Å²) in [6.45, 7) is 0. The summed E-state index contributed by atoms with van der Waals surface area (Å²) in [6, 6.07) is 7.77. The number of sulfonamides is 1. The van der Waals surface area contributed by atoms with Crippen molar-refractivity contribution in [1.82, 2.24) is 0 Å². The molecule has 0 aliphatic heterocycles. The molecule has 8 heteroatoms. The van der Waals surface area contributed by atoms with Crippen molar-refractivity contribution in [1.29, 1.82) is 0 Å². The van der Waals surface area contributed by atoms with E-state index in [0.717, 1.165) is 18.2 Å². The number of carboxylic acid groups (broad SMARTS) is 1. The van der Waals surface area contributed by atoms with E-state index in [1.54, 1.807) is 0 Å². The molecule has 0 unspecified atom stereocenters. The molecule has 3 N–H and O–H groups in total. The lowest BCUT2D eigenvalue weighted by Gasteiger charge is -2.09. The van der Waals surface area contributed by atoms with Crippen LogP contribution in [0.1, 0.15) is 10.4 Å². The van der Waals surface area contributed by atoms with Crippen LogP contribution in [0.4, 0.5) is 10.1 Å². The summed E-state index contributed by atoms with van der Waals surface area (Å²) in [5.41, 5.74) is -0.305. The van der Waals surface area contributed by atoms with Gasteiger partial charge in [-0.1, -0.05) is 6.07 Å². The van der Waals surface area contributed by atoms with Crippen LogP contribution in [0.5, 0.6) is 5.75 Å². The van der Waals surface area contributed by atoms with E-state index in [2.05, 4.69) is 4.72 Å². The summed E-state index contributed by atoms with van der Waals surface area (Å²) in [7, 11) is -4.23. The Kier molecular flexibility index (Phi) is 3.81. The first-order valence-electron chi connectivity index (χ1n) is 5.64. The van der Waals surface area contributed by atoms with E-state index < -0.39 is 26.7 Å². The van der Waals surface area contributed by atoms with Crippen molar-refractivity contribution >= 4 is 21.7 Å². The minimum Gasteiger partial charge on any atom is -0.508 e. The minimum absolute atomic E-state index is 0.0525. The summed E-state index contributed by atoms with van der Waals surface area (Å²) in [6.07, 6.45) is 0. The predicted octanol–water partition coefficient (Wildman–Crippen LogP) is 2.03. The monoisotopic (exact) mass is 311 g/mol. The lowest BCUT2D eigenvalue weighted by molar-refractivity contribution is 0.0696. The van der Waals surface area contributed by atoms with Crippen LogP contribution in [0.3, 0.4) is 0 Å². The number of nitrogens with one attached hydrogen (secondary N) is 1. The summed E-state index contributed by atoms with van der Waals surface area (Å²) in [4.78, 5) is 10.00. The standard InChI is InChI=1S/C13H10FNO5S/c14-11-6-8(13(17)18)4-5-12(11)21(19,20)15-9-2-1-3-10(16)7-9/h1-7,15-16H,(H,17,18). The lowest BCUT2D eigenvalue weighted by atomic mass is 10.2. The van der Waals surface area contributed by atoms with Gasteiger partial charge in [-0.3, -0.25) is 4.72 Å². The molecule has 0 saturated carbocycles. The van der Waals surface area contributed by atoms with Crippen LogP contribution in [0.15, 0.2) is 47.4 Å². The molecule has 0 aliphatic rings. The summed E-state index contributed by atoms with van der Waals surface area (Å²) in [5.74, 6) is -2.70. The molecule has 21 heavy (non-hydrogen) atoms. The van der Waals surface area contributed by atoms with Gasteiger partial charge in [-0.15, -0.1) is 0 Å². The van der Waals surface area contributed by atoms with Crippen molar-refractivity contribution in [3.63, 3.8) is 0 Å². The summed E-state index contributed by atoms with van der Waals surface area (Å²) >= 11 is 0. The van der Waals surface area contributed by atoms with Gasteiger partial charge in [0.1, 0.15) is 16.5 Å². The highest BCUT2D eigenvalue weighted by Gasteiger charge is 2.20. The summed E-state index contributed by atoms with van der Waals surface area (Å²) < 4.78 is 39.9. The highest BCUT2D eigenvalue weighted by molar-refractivity contribution is 7.92. The number of halogens is 1. The molecule has 2 rings (SSSR count). The SMILES string of the molecule is O=C(O)c1ccc(S(=O)(=O)Nc2cccc(O)c2)c(F)c1. The highest BCUT2D eigenvalue weighted by Crippen LogP contribution is 2.22. The van der Waals surface area contributed by atoms with Crippen molar-refractivity contribution in [2.75, 3.05) is 4.72 Å². The van der Waals surface area contributed by atoms with Crippen molar-refractivity contribution in [3.8, 4) is 5.75 Å². The van der Waals surface area contributed by atoms with E-state index in [1.807, 2.05) is 0 Å². The largest absolute Gasteiger partial charge is 0.508 e. The third-order valence-electron chi connectivity index (χ3n) is 2.57. The second-order valence-electron chi connectivity index (χ2n) is 4.11. The Bertz CT molecular complexity index is 804. The van der Waals surface area contributed by atoms with E-state index in [9.17, 15) is 22.7 Å². The van der Waals surface area contributed by atoms with E-state index in [1.165, 1.54) is 18.2 Å². The Hall–Kier alpha value is -2.61. The maximum atomic E-state index is 13.8. The third-order valence-corrected chi connectivity index (χ3v) is 3.98. The van der Waals surface area contributed by atoms with Gasteiger partial charge in [-0.05, 0) is 30.3 Å². The number of hydrogen-bond acceptors (Lipinski definition) is 4. The predicted molar refractivity (Wildman–Crippen MR) is 72.3 cm³/mol. The molecule has 0 radical (unpaired) electrons. The van der Waals surface area contributed by atoms with Gasteiger partial charge in [-0.2, -0.15) is 0 Å². The molecule has 0 spiro atoms. The molecule has 2 aromatic rings. The number of phenolic OH excluding ortho intramolecular Hbond substituents is 1. The smallest absolute Gasteiger partial charge is 0.335 e. The van der Waals surface area contributed by atoms with Crippen LogP contribution < -0.4 is 4.72 Å². The number of aromatic carboxylic acids is 1. The number of rotatable bonds is 4. The molecule has 0 bridgehead atoms. The number of phenols is 1. The van der Waals surface area contributed by atoms with Gasteiger partial charge < -0.3 is 10.2 Å². The van der Waals surface area contributed by atoms with Gasteiger partial charge in [0, 0.05) is 6.07 Å². The van der Waals surface area contributed by atoms with E-state index in [0.29, 0.717) is 6.07 Å². The van der Waals surface area contributed by atoms with E-state index >= 15 is 0 Å². The summed E-state index contributed by atoms with van der Waals surface area (Å²) in [5, 5.41) is 18.0. The maximum Gasteiger partial charge on any atom is 0.335 e. The molecule has 0 aromatic heterocycles. The lowest BCUT2D eigenvalue weighted by Crippen LogP contribution is -2.15. The molecule has 0 heterocycles. The van der Waals surface area contributed by atoms with Gasteiger partial charge in [0.15, 0.2) is 0 Å². The topological polar surface area (TPSA) is 104 Å². The fraction of sp³-hybridized carbons (Fsp3) is 0. The minimum atomic E-state index is -4.23. The molecule has 110 valence electrons. The fourth-order valence-corrected chi connectivity index (χ4v) is 2.74. The third kappa shape index (κ3) is 3.29. The quantitative estimate of drug-likeness (QED) is 0.801. The van der Waals surface area contributed by atoms with Crippen molar-refractivity contribution in [2.24, 2.45) is 0 Å².